The summed E-state index contributed by atoms with van der Waals surface area (Å²) in [6.07, 6.45) is 1.66. The van der Waals surface area contributed by atoms with E-state index < -0.39 is 11.5 Å². The standard InChI is InChI=1S/C11H8O3S/c1-15-11-9(13)7-5-3-2-4-6(7)8(12)10(11)14/h2-5,14H,1H3. The Kier molecular flexibility index (Phi) is 2.36. The molecule has 0 atom stereocenters. The number of carbonyl (C=O) groups excluding carboxylic acids is 2. The zero-order valence-electron chi connectivity index (χ0n) is 7.98. The number of benzene rings is 1. The van der Waals surface area contributed by atoms with Crippen LogP contribution in [-0.2, 0) is 0 Å². The average molecular weight is 220 g/mol. The van der Waals surface area contributed by atoms with Gasteiger partial charge in [-0.2, -0.15) is 0 Å². The molecule has 15 heavy (non-hydrogen) atoms. The second-order valence-electron chi connectivity index (χ2n) is 3.09. The number of allylic oxidation sites excluding steroid dienone is 2. The molecule has 0 saturated heterocycles. The molecule has 4 heteroatoms. The van der Waals surface area contributed by atoms with Crippen LogP contribution in [0.2, 0.25) is 0 Å². The summed E-state index contributed by atoms with van der Waals surface area (Å²) >= 11 is 1.09. The number of aliphatic hydroxyl groups is 1. The first-order valence-corrected chi connectivity index (χ1v) is 5.55. The highest BCUT2D eigenvalue weighted by molar-refractivity contribution is 8.03. The maximum atomic E-state index is 11.8. The first-order chi connectivity index (χ1) is 7.16. The van der Waals surface area contributed by atoms with Crippen LogP contribution in [-0.4, -0.2) is 22.9 Å². The van der Waals surface area contributed by atoms with Crippen molar-refractivity contribution in [3.63, 3.8) is 0 Å². The van der Waals surface area contributed by atoms with E-state index >= 15 is 0 Å². The minimum atomic E-state index is -0.477. The fourth-order valence-electron chi connectivity index (χ4n) is 1.53. The van der Waals surface area contributed by atoms with Gasteiger partial charge in [0.05, 0.1) is 0 Å². The van der Waals surface area contributed by atoms with Gasteiger partial charge in [-0.3, -0.25) is 9.59 Å². The van der Waals surface area contributed by atoms with Crippen molar-refractivity contribution in [2.24, 2.45) is 0 Å². The molecule has 0 fully saturated rings. The topological polar surface area (TPSA) is 54.4 Å². The Hall–Kier alpha value is -1.55. The molecule has 2 rings (SSSR count). The zero-order valence-corrected chi connectivity index (χ0v) is 8.80. The van der Waals surface area contributed by atoms with Gasteiger partial charge in [0, 0.05) is 11.1 Å². The summed E-state index contributed by atoms with van der Waals surface area (Å²) < 4.78 is 0. The van der Waals surface area contributed by atoms with E-state index in [2.05, 4.69) is 0 Å². The van der Waals surface area contributed by atoms with E-state index in [-0.39, 0.29) is 16.3 Å². The molecule has 0 aromatic heterocycles. The highest BCUT2D eigenvalue weighted by atomic mass is 32.2. The van der Waals surface area contributed by atoms with Crippen molar-refractivity contribution in [2.75, 3.05) is 6.26 Å². The van der Waals surface area contributed by atoms with Crippen molar-refractivity contribution >= 4 is 23.3 Å². The van der Waals surface area contributed by atoms with Gasteiger partial charge in [0.1, 0.15) is 4.91 Å². The molecule has 3 nitrogen and oxygen atoms in total. The number of ketones is 2. The fourth-order valence-corrected chi connectivity index (χ4v) is 2.11. The molecular weight excluding hydrogens is 212 g/mol. The van der Waals surface area contributed by atoms with Crippen LogP contribution in [0.25, 0.3) is 0 Å². The van der Waals surface area contributed by atoms with Crippen LogP contribution in [0.4, 0.5) is 0 Å². The van der Waals surface area contributed by atoms with Gasteiger partial charge in [0.25, 0.3) is 0 Å². The minimum Gasteiger partial charge on any atom is -0.503 e. The van der Waals surface area contributed by atoms with Crippen molar-refractivity contribution in [2.45, 2.75) is 0 Å². The van der Waals surface area contributed by atoms with Crippen LogP contribution in [0.15, 0.2) is 34.9 Å². The first kappa shape index (κ1) is 9.98. The molecule has 0 spiro atoms. The molecule has 0 bridgehead atoms. The third-order valence-corrected chi connectivity index (χ3v) is 3.04. The van der Waals surface area contributed by atoms with Crippen molar-refractivity contribution in [1.29, 1.82) is 0 Å². The molecule has 1 aromatic carbocycles. The number of carbonyl (C=O) groups is 2. The van der Waals surface area contributed by atoms with Gasteiger partial charge in [-0.05, 0) is 6.26 Å². The van der Waals surface area contributed by atoms with E-state index in [1.807, 2.05) is 0 Å². The number of Topliss-reactive ketones (excluding diaryl/α,β-unsaturated/α-hetero) is 2. The molecule has 1 aliphatic carbocycles. The summed E-state index contributed by atoms with van der Waals surface area (Å²) in [6, 6.07) is 6.51. The fraction of sp³-hybridized carbons (Fsp3) is 0.0909. The third kappa shape index (κ3) is 1.37. The Morgan fingerprint density at radius 1 is 1.07 bits per heavy atom. The Labute approximate surface area is 90.8 Å². The molecular formula is C11H8O3S. The van der Waals surface area contributed by atoms with Crippen molar-refractivity contribution in [1.82, 2.24) is 0 Å². The normalized spacial score (nSPS) is 15.5. The SMILES string of the molecule is CSC1=C(O)C(=O)c2ccccc2C1=O. The van der Waals surface area contributed by atoms with Crippen LogP contribution in [0.5, 0.6) is 0 Å². The van der Waals surface area contributed by atoms with Crippen LogP contribution in [0.1, 0.15) is 20.7 Å². The summed E-state index contributed by atoms with van der Waals surface area (Å²) in [5, 5.41) is 9.54. The lowest BCUT2D eigenvalue weighted by atomic mass is 9.93. The summed E-state index contributed by atoms with van der Waals surface area (Å²) in [7, 11) is 0. The minimum absolute atomic E-state index is 0.124. The van der Waals surface area contributed by atoms with Gasteiger partial charge < -0.3 is 5.11 Å². The molecule has 1 aliphatic rings. The lowest BCUT2D eigenvalue weighted by molar-refractivity contribution is 0.0936. The third-order valence-electron chi connectivity index (χ3n) is 2.26. The van der Waals surface area contributed by atoms with Gasteiger partial charge in [-0.25, -0.2) is 0 Å². The molecule has 0 saturated carbocycles. The second-order valence-corrected chi connectivity index (χ2v) is 3.90. The van der Waals surface area contributed by atoms with Crippen molar-refractivity contribution in [3.8, 4) is 0 Å². The van der Waals surface area contributed by atoms with Crippen molar-refractivity contribution < 1.29 is 14.7 Å². The van der Waals surface area contributed by atoms with Gasteiger partial charge in [0.2, 0.25) is 11.6 Å². The average Bonchev–Trinajstić information content (AvgIpc) is 2.27. The second kappa shape index (κ2) is 3.55. The van der Waals surface area contributed by atoms with Gasteiger partial charge in [0.15, 0.2) is 5.76 Å². The number of rotatable bonds is 1. The predicted molar refractivity (Wildman–Crippen MR) is 58.3 cm³/mol. The molecule has 0 heterocycles. The van der Waals surface area contributed by atoms with Crippen molar-refractivity contribution in [3.05, 3.63) is 46.1 Å². The van der Waals surface area contributed by atoms with Gasteiger partial charge in [-0.1, -0.05) is 24.3 Å². The quantitative estimate of drug-likeness (QED) is 0.788. The van der Waals surface area contributed by atoms with E-state index in [1.54, 1.807) is 30.5 Å². The summed E-state index contributed by atoms with van der Waals surface area (Å²) in [4.78, 5) is 23.6. The highest BCUT2D eigenvalue weighted by Gasteiger charge is 2.31. The molecule has 0 radical (unpaired) electrons. The number of hydrogen-bond acceptors (Lipinski definition) is 4. The van der Waals surface area contributed by atoms with E-state index in [0.29, 0.717) is 5.56 Å². The lowest BCUT2D eigenvalue weighted by Crippen LogP contribution is -2.20. The van der Waals surface area contributed by atoms with E-state index in [4.69, 9.17) is 0 Å². The maximum absolute atomic E-state index is 11.8. The number of thioether (sulfide) groups is 1. The largest absolute Gasteiger partial charge is 0.503 e. The Bertz CT molecular complexity index is 488. The lowest BCUT2D eigenvalue weighted by Gasteiger charge is -2.15. The van der Waals surface area contributed by atoms with Gasteiger partial charge in [-0.15, -0.1) is 11.8 Å². The molecule has 1 N–H and O–H groups in total. The van der Waals surface area contributed by atoms with E-state index in [1.165, 1.54) is 0 Å². The molecule has 76 valence electrons. The smallest absolute Gasteiger partial charge is 0.229 e. The Balaban J connectivity index is 2.68. The van der Waals surface area contributed by atoms with Crippen LogP contribution < -0.4 is 0 Å². The van der Waals surface area contributed by atoms with Crippen LogP contribution >= 0.6 is 11.8 Å². The molecule has 0 unspecified atom stereocenters. The first-order valence-electron chi connectivity index (χ1n) is 4.32. The summed E-state index contributed by atoms with van der Waals surface area (Å²) in [6.45, 7) is 0. The van der Waals surface area contributed by atoms with Crippen LogP contribution in [0.3, 0.4) is 0 Å². The Morgan fingerprint density at radius 2 is 1.60 bits per heavy atom. The molecule has 1 aromatic rings. The molecule has 0 aliphatic heterocycles. The van der Waals surface area contributed by atoms with E-state index in [9.17, 15) is 14.7 Å². The monoisotopic (exact) mass is 220 g/mol. The van der Waals surface area contributed by atoms with Crippen LogP contribution in [0, 0.1) is 0 Å². The van der Waals surface area contributed by atoms with E-state index in [0.717, 1.165) is 11.8 Å². The number of hydrogen-bond donors (Lipinski definition) is 1. The number of fused-ring (bicyclic) bond motifs is 1. The summed E-state index contributed by atoms with van der Waals surface area (Å²) in [5.41, 5.74) is 0.641. The van der Waals surface area contributed by atoms with Gasteiger partial charge >= 0.3 is 0 Å². The maximum Gasteiger partial charge on any atom is 0.229 e. The Morgan fingerprint density at radius 3 is 2.13 bits per heavy atom. The zero-order chi connectivity index (χ0) is 11.0. The summed E-state index contributed by atoms with van der Waals surface area (Å²) in [5.74, 6) is -1.20. The molecule has 0 amide bonds. The number of aliphatic hydroxyl groups excluding tert-OH is 1. The predicted octanol–water partition coefficient (Wildman–Crippen LogP) is 2.20. The highest BCUT2D eigenvalue weighted by Crippen LogP contribution is 2.29.